The van der Waals surface area contributed by atoms with Gasteiger partial charge in [-0.15, -0.1) is 0 Å². The van der Waals surface area contributed by atoms with Crippen molar-refractivity contribution in [3.05, 3.63) is 17.7 Å². The highest BCUT2D eigenvalue weighted by molar-refractivity contribution is 6.08. The first-order valence-corrected chi connectivity index (χ1v) is 5.43. The van der Waals surface area contributed by atoms with E-state index in [2.05, 4.69) is 5.32 Å². The summed E-state index contributed by atoms with van der Waals surface area (Å²) in [6.07, 6.45) is 0. The molecule has 104 valence electrons. The molecule has 0 radical (unpaired) electrons. The highest BCUT2D eigenvalue weighted by Gasteiger charge is 2.23. The van der Waals surface area contributed by atoms with Crippen LogP contribution in [0.5, 0.6) is 11.5 Å². The summed E-state index contributed by atoms with van der Waals surface area (Å²) >= 11 is 0. The lowest BCUT2D eigenvalue weighted by Gasteiger charge is -2.16. The number of nitrogens with one attached hydrogen (secondary N) is 1. The number of rotatable bonds is 5. The second kappa shape index (κ2) is 6.05. The van der Waals surface area contributed by atoms with Crippen LogP contribution in [0, 0.1) is 6.92 Å². The fraction of sp³-hybridized carbons (Fsp3) is 0.333. The Morgan fingerprint density at radius 3 is 2.42 bits per heavy atom. The minimum absolute atomic E-state index is 0.336. The van der Waals surface area contributed by atoms with Crippen LogP contribution in [0.3, 0.4) is 0 Å². The predicted molar refractivity (Wildman–Crippen MR) is 68.5 cm³/mol. The molecule has 0 spiro atoms. The zero-order chi connectivity index (χ0) is 14.6. The van der Waals surface area contributed by atoms with E-state index in [9.17, 15) is 9.59 Å². The summed E-state index contributed by atoms with van der Waals surface area (Å²) in [6, 6.07) is 1.56. The SMILES string of the molecule is COc1ccc(NC(=O)C(N)C(=O)O)c(OC)c1C. The third-order valence-electron chi connectivity index (χ3n) is 2.59. The van der Waals surface area contributed by atoms with Gasteiger partial charge in [-0.1, -0.05) is 0 Å². The number of benzene rings is 1. The van der Waals surface area contributed by atoms with Crippen LogP contribution >= 0.6 is 0 Å². The Hall–Kier alpha value is -2.28. The lowest BCUT2D eigenvalue weighted by Crippen LogP contribution is -2.42. The standard InChI is InChI=1S/C12H16N2O5/c1-6-8(18-2)5-4-7(10(6)19-3)14-11(15)9(13)12(16)17/h4-5,9H,13H2,1-3H3,(H,14,15)(H,16,17). The van der Waals surface area contributed by atoms with Crippen LogP contribution in [0.4, 0.5) is 5.69 Å². The minimum atomic E-state index is -1.63. The summed E-state index contributed by atoms with van der Waals surface area (Å²) in [5, 5.41) is 11.1. The van der Waals surface area contributed by atoms with Gasteiger partial charge in [-0.05, 0) is 19.1 Å². The van der Waals surface area contributed by atoms with Gasteiger partial charge >= 0.3 is 5.97 Å². The second-order valence-corrected chi connectivity index (χ2v) is 3.78. The lowest BCUT2D eigenvalue weighted by atomic mass is 10.1. The van der Waals surface area contributed by atoms with E-state index in [1.54, 1.807) is 19.1 Å². The van der Waals surface area contributed by atoms with Crippen LogP contribution in [0.25, 0.3) is 0 Å². The van der Waals surface area contributed by atoms with Gasteiger partial charge in [-0.2, -0.15) is 0 Å². The maximum absolute atomic E-state index is 11.6. The molecule has 1 aromatic rings. The molecule has 0 heterocycles. The average molecular weight is 268 g/mol. The van der Waals surface area contributed by atoms with Crippen molar-refractivity contribution in [2.75, 3.05) is 19.5 Å². The molecule has 0 aromatic heterocycles. The van der Waals surface area contributed by atoms with E-state index in [4.69, 9.17) is 20.3 Å². The van der Waals surface area contributed by atoms with Crippen molar-refractivity contribution in [3.63, 3.8) is 0 Å². The molecule has 1 atom stereocenters. The number of hydrogen-bond donors (Lipinski definition) is 3. The monoisotopic (exact) mass is 268 g/mol. The molecule has 7 heteroatoms. The number of aliphatic carboxylic acids is 1. The van der Waals surface area contributed by atoms with E-state index in [1.165, 1.54) is 14.2 Å². The van der Waals surface area contributed by atoms with E-state index in [-0.39, 0.29) is 0 Å². The topological polar surface area (TPSA) is 111 Å². The van der Waals surface area contributed by atoms with E-state index in [1.807, 2.05) is 0 Å². The number of anilines is 1. The molecule has 0 saturated heterocycles. The number of carbonyl (C=O) groups is 2. The second-order valence-electron chi connectivity index (χ2n) is 3.78. The molecule has 0 fully saturated rings. The molecule has 4 N–H and O–H groups in total. The third-order valence-corrected chi connectivity index (χ3v) is 2.59. The van der Waals surface area contributed by atoms with Gasteiger partial charge in [0.15, 0.2) is 6.04 Å². The summed E-state index contributed by atoms with van der Waals surface area (Å²) in [4.78, 5) is 22.2. The Morgan fingerprint density at radius 2 is 1.95 bits per heavy atom. The van der Waals surface area contributed by atoms with Crippen LogP contribution in [0.1, 0.15) is 5.56 Å². The molecule has 1 unspecified atom stereocenters. The Morgan fingerprint density at radius 1 is 1.32 bits per heavy atom. The van der Waals surface area contributed by atoms with Gasteiger partial charge in [0.2, 0.25) is 0 Å². The zero-order valence-electron chi connectivity index (χ0n) is 10.9. The lowest BCUT2D eigenvalue weighted by molar-refractivity contribution is -0.141. The van der Waals surface area contributed by atoms with Crippen molar-refractivity contribution in [3.8, 4) is 11.5 Å². The van der Waals surface area contributed by atoms with E-state index in [0.29, 0.717) is 22.7 Å². The van der Waals surface area contributed by atoms with Crippen molar-refractivity contribution in [1.82, 2.24) is 0 Å². The number of hydrogen-bond acceptors (Lipinski definition) is 5. The quantitative estimate of drug-likeness (QED) is 0.665. The molecule has 0 saturated carbocycles. The van der Waals surface area contributed by atoms with Gasteiger partial charge in [0.05, 0.1) is 19.9 Å². The van der Waals surface area contributed by atoms with Crippen molar-refractivity contribution < 1.29 is 24.2 Å². The Labute approximate surface area is 110 Å². The van der Waals surface area contributed by atoms with Crippen LogP contribution in [0.2, 0.25) is 0 Å². The van der Waals surface area contributed by atoms with Crippen LogP contribution in [0.15, 0.2) is 12.1 Å². The van der Waals surface area contributed by atoms with Gasteiger partial charge < -0.3 is 25.6 Å². The number of carbonyl (C=O) groups excluding carboxylic acids is 1. The molecule has 0 aliphatic carbocycles. The van der Waals surface area contributed by atoms with E-state index in [0.717, 1.165) is 0 Å². The average Bonchev–Trinajstić information content (AvgIpc) is 2.38. The smallest absolute Gasteiger partial charge is 0.330 e. The highest BCUT2D eigenvalue weighted by Crippen LogP contribution is 2.34. The number of ether oxygens (including phenoxy) is 2. The number of carboxylic acid groups (broad SMARTS) is 1. The van der Waals surface area contributed by atoms with Gasteiger partial charge in [-0.3, -0.25) is 4.79 Å². The highest BCUT2D eigenvalue weighted by atomic mass is 16.5. The van der Waals surface area contributed by atoms with E-state index >= 15 is 0 Å². The fourth-order valence-electron chi connectivity index (χ4n) is 1.58. The number of carboxylic acids is 1. The Balaban J connectivity index is 3.05. The Bertz CT molecular complexity index is 501. The van der Waals surface area contributed by atoms with Crippen LogP contribution in [-0.2, 0) is 9.59 Å². The largest absolute Gasteiger partial charge is 0.496 e. The van der Waals surface area contributed by atoms with Gasteiger partial charge in [0, 0.05) is 5.56 Å². The normalized spacial score (nSPS) is 11.6. The van der Waals surface area contributed by atoms with Gasteiger partial charge in [0.25, 0.3) is 5.91 Å². The summed E-state index contributed by atoms with van der Waals surface area (Å²) < 4.78 is 10.3. The molecular formula is C12H16N2O5. The summed E-state index contributed by atoms with van der Waals surface area (Å²) in [5.41, 5.74) is 6.24. The first-order valence-electron chi connectivity index (χ1n) is 5.43. The van der Waals surface area contributed by atoms with E-state index < -0.39 is 17.9 Å². The van der Waals surface area contributed by atoms with Gasteiger partial charge in [-0.25, -0.2) is 4.79 Å². The first kappa shape index (κ1) is 14.8. The molecular weight excluding hydrogens is 252 g/mol. The minimum Gasteiger partial charge on any atom is -0.496 e. The number of amides is 1. The maximum Gasteiger partial charge on any atom is 0.330 e. The maximum atomic E-state index is 11.6. The van der Waals surface area contributed by atoms with Crippen molar-refractivity contribution >= 4 is 17.6 Å². The molecule has 0 aliphatic heterocycles. The van der Waals surface area contributed by atoms with Gasteiger partial charge in [0.1, 0.15) is 11.5 Å². The Kier molecular flexibility index (Phi) is 4.71. The molecule has 0 bridgehead atoms. The molecule has 0 aliphatic rings. The molecule has 19 heavy (non-hydrogen) atoms. The number of nitrogens with two attached hydrogens (primary N) is 1. The third kappa shape index (κ3) is 3.14. The van der Waals surface area contributed by atoms with Crippen molar-refractivity contribution in [2.24, 2.45) is 5.73 Å². The summed E-state index contributed by atoms with van der Waals surface area (Å²) in [7, 11) is 2.95. The fourth-order valence-corrected chi connectivity index (χ4v) is 1.58. The summed E-state index contributed by atoms with van der Waals surface area (Å²) in [5.74, 6) is -1.24. The predicted octanol–water partition coefficient (Wildman–Crippen LogP) is 0.363. The van der Waals surface area contributed by atoms with Crippen LogP contribution in [-0.4, -0.2) is 37.2 Å². The molecule has 7 nitrogen and oxygen atoms in total. The molecule has 1 rings (SSSR count). The summed E-state index contributed by atoms with van der Waals surface area (Å²) in [6.45, 7) is 1.75. The molecule has 1 aromatic carbocycles. The van der Waals surface area contributed by atoms with Crippen molar-refractivity contribution in [2.45, 2.75) is 13.0 Å². The first-order chi connectivity index (χ1) is 8.92. The number of methoxy groups -OCH3 is 2. The van der Waals surface area contributed by atoms with Crippen LogP contribution < -0.4 is 20.5 Å². The van der Waals surface area contributed by atoms with Crippen molar-refractivity contribution in [1.29, 1.82) is 0 Å². The zero-order valence-corrected chi connectivity index (χ0v) is 10.9. The molecule has 1 amide bonds.